The van der Waals surface area contributed by atoms with Gasteiger partial charge >= 0.3 is 6.01 Å². The van der Waals surface area contributed by atoms with Crippen molar-refractivity contribution in [3.05, 3.63) is 35.4 Å². The van der Waals surface area contributed by atoms with E-state index in [9.17, 15) is 9.18 Å². The number of anilines is 1. The van der Waals surface area contributed by atoms with Crippen LogP contribution < -0.4 is 15.4 Å². The average Bonchev–Trinajstić information content (AvgIpc) is 3.20. The Morgan fingerprint density at radius 3 is 2.90 bits per heavy atom. The average molecular weight is 432 g/mol. The Morgan fingerprint density at radius 1 is 1.39 bits per heavy atom. The second-order valence-corrected chi connectivity index (χ2v) is 8.46. The van der Waals surface area contributed by atoms with Crippen LogP contribution in [0, 0.1) is 17.7 Å². The minimum atomic E-state index is -0.411. The fourth-order valence-electron chi connectivity index (χ4n) is 4.60. The minimum absolute atomic E-state index is 0.0729. The van der Waals surface area contributed by atoms with Crippen molar-refractivity contribution < 1.29 is 23.2 Å². The number of aldehydes is 1. The SMILES string of the molecule is COCc1noc(N2CCC(C3(N)CC3CCOc3ccc(CC=O)c(F)c3)CC2)n1. The number of rotatable bonds is 10. The van der Waals surface area contributed by atoms with E-state index in [1.165, 1.54) is 6.07 Å². The molecule has 0 amide bonds. The molecule has 1 aliphatic carbocycles. The molecule has 2 fully saturated rings. The van der Waals surface area contributed by atoms with Crippen LogP contribution in [0.2, 0.25) is 0 Å². The van der Waals surface area contributed by atoms with E-state index in [0.29, 0.717) is 54.5 Å². The molecule has 2 aromatic rings. The maximum Gasteiger partial charge on any atom is 0.324 e. The third kappa shape index (κ3) is 4.88. The molecular weight excluding hydrogens is 403 g/mol. The predicted molar refractivity (Wildman–Crippen MR) is 111 cm³/mol. The quantitative estimate of drug-likeness (QED) is 0.571. The summed E-state index contributed by atoms with van der Waals surface area (Å²) in [5, 5.41) is 3.92. The van der Waals surface area contributed by atoms with E-state index in [1.54, 1.807) is 19.2 Å². The summed E-state index contributed by atoms with van der Waals surface area (Å²) in [5.74, 6) is 1.49. The highest BCUT2D eigenvalue weighted by Crippen LogP contribution is 2.52. The molecule has 2 N–H and O–H groups in total. The van der Waals surface area contributed by atoms with Crippen LogP contribution in [0.3, 0.4) is 0 Å². The number of nitrogens with two attached hydrogens (primary N) is 1. The molecule has 9 heteroatoms. The Bertz CT molecular complexity index is 899. The lowest BCUT2D eigenvalue weighted by Crippen LogP contribution is -2.44. The molecule has 4 rings (SSSR count). The summed E-state index contributed by atoms with van der Waals surface area (Å²) in [6.45, 7) is 2.52. The molecule has 168 valence electrons. The highest BCUT2D eigenvalue weighted by atomic mass is 19.1. The van der Waals surface area contributed by atoms with E-state index in [-0.39, 0.29) is 12.0 Å². The van der Waals surface area contributed by atoms with Gasteiger partial charge in [-0.15, -0.1) is 0 Å². The Labute approximate surface area is 180 Å². The molecule has 1 aromatic heterocycles. The third-order valence-corrected chi connectivity index (χ3v) is 6.52. The number of nitrogens with zero attached hydrogens (tertiary/aromatic N) is 3. The second kappa shape index (κ2) is 9.32. The number of ether oxygens (including phenoxy) is 2. The number of benzene rings is 1. The van der Waals surface area contributed by atoms with Gasteiger partial charge in [0.15, 0.2) is 5.82 Å². The first-order valence-corrected chi connectivity index (χ1v) is 10.7. The van der Waals surface area contributed by atoms with Crippen LogP contribution in [0.1, 0.15) is 37.1 Å². The Balaban J connectivity index is 1.21. The molecule has 8 nitrogen and oxygen atoms in total. The highest BCUT2D eigenvalue weighted by molar-refractivity contribution is 5.55. The van der Waals surface area contributed by atoms with Crippen LogP contribution in [0.4, 0.5) is 10.4 Å². The van der Waals surface area contributed by atoms with Gasteiger partial charge in [0, 0.05) is 38.2 Å². The number of hydrogen-bond acceptors (Lipinski definition) is 8. The summed E-state index contributed by atoms with van der Waals surface area (Å²) in [7, 11) is 1.60. The largest absolute Gasteiger partial charge is 0.493 e. The van der Waals surface area contributed by atoms with Gasteiger partial charge in [0.1, 0.15) is 24.5 Å². The Morgan fingerprint density at radius 2 is 2.19 bits per heavy atom. The fourth-order valence-corrected chi connectivity index (χ4v) is 4.60. The first-order valence-electron chi connectivity index (χ1n) is 10.7. The van der Waals surface area contributed by atoms with Crippen LogP contribution in [-0.2, 0) is 22.6 Å². The standard InChI is InChI=1S/C22H29FN4O4/c1-29-14-20-25-21(31-26-20)27-8-4-16(5-9-27)22(24)13-17(22)7-11-30-18-3-2-15(6-10-28)19(23)12-18/h2-3,10,12,16-17H,4-9,11,13-14,24H2,1H3. The molecule has 1 aliphatic heterocycles. The first-order chi connectivity index (χ1) is 15.0. The topological polar surface area (TPSA) is 104 Å². The van der Waals surface area contributed by atoms with Gasteiger partial charge in [0.2, 0.25) is 0 Å². The number of hydrogen-bond donors (Lipinski definition) is 1. The normalized spacial score (nSPS) is 23.7. The minimum Gasteiger partial charge on any atom is -0.493 e. The van der Waals surface area contributed by atoms with Crippen molar-refractivity contribution >= 4 is 12.3 Å². The molecule has 2 atom stereocenters. The third-order valence-electron chi connectivity index (χ3n) is 6.52. The smallest absolute Gasteiger partial charge is 0.324 e. The van der Waals surface area contributed by atoms with Gasteiger partial charge in [-0.25, -0.2) is 4.39 Å². The van der Waals surface area contributed by atoms with E-state index < -0.39 is 5.82 Å². The van der Waals surface area contributed by atoms with Crippen molar-refractivity contribution in [3.8, 4) is 5.75 Å². The summed E-state index contributed by atoms with van der Waals surface area (Å²) < 4.78 is 30.0. The highest BCUT2D eigenvalue weighted by Gasteiger charge is 2.55. The molecule has 1 saturated carbocycles. The zero-order chi connectivity index (χ0) is 21.8. The lowest BCUT2D eigenvalue weighted by molar-refractivity contribution is -0.107. The molecule has 0 bridgehead atoms. The molecule has 0 radical (unpaired) electrons. The van der Waals surface area contributed by atoms with Crippen molar-refractivity contribution in [1.82, 2.24) is 10.1 Å². The molecule has 0 spiro atoms. The molecule has 31 heavy (non-hydrogen) atoms. The van der Waals surface area contributed by atoms with Gasteiger partial charge in [-0.1, -0.05) is 11.2 Å². The lowest BCUT2D eigenvalue weighted by Gasteiger charge is -2.34. The maximum atomic E-state index is 13.9. The van der Waals surface area contributed by atoms with Crippen molar-refractivity contribution in [2.45, 2.75) is 44.2 Å². The molecule has 2 unspecified atom stereocenters. The van der Waals surface area contributed by atoms with E-state index in [4.69, 9.17) is 19.7 Å². The summed E-state index contributed by atoms with van der Waals surface area (Å²) in [6.07, 6.45) is 4.57. The number of carbonyl (C=O) groups excluding carboxylic acids is 1. The molecule has 2 heterocycles. The Hall–Kier alpha value is -2.52. The van der Waals surface area contributed by atoms with E-state index in [0.717, 1.165) is 38.8 Å². The van der Waals surface area contributed by atoms with Crippen LogP contribution in [0.5, 0.6) is 5.75 Å². The predicted octanol–water partition coefficient (Wildman–Crippen LogP) is 2.50. The number of halogens is 1. The molecular formula is C22H29FN4O4. The van der Waals surface area contributed by atoms with E-state index in [1.807, 2.05) is 0 Å². The lowest BCUT2D eigenvalue weighted by atomic mass is 9.86. The van der Waals surface area contributed by atoms with Crippen molar-refractivity contribution in [1.29, 1.82) is 0 Å². The van der Waals surface area contributed by atoms with Gasteiger partial charge in [-0.3, -0.25) is 0 Å². The van der Waals surface area contributed by atoms with Gasteiger partial charge in [-0.05, 0) is 49.1 Å². The fraction of sp³-hybridized carbons (Fsp3) is 0.591. The van der Waals surface area contributed by atoms with Gasteiger partial charge in [0.05, 0.1) is 6.61 Å². The van der Waals surface area contributed by atoms with Crippen LogP contribution in [-0.4, -0.2) is 48.8 Å². The van der Waals surface area contributed by atoms with Crippen LogP contribution in [0.25, 0.3) is 0 Å². The van der Waals surface area contributed by atoms with Crippen molar-refractivity contribution in [2.24, 2.45) is 17.6 Å². The summed E-state index contributed by atoms with van der Waals surface area (Å²) in [4.78, 5) is 17.0. The van der Waals surface area contributed by atoms with Gasteiger partial charge in [-0.2, -0.15) is 4.98 Å². The molecule has 1 saturated heterocycles. The van der Waals surface area contributed by atoms with Gasteiger partial charge in [0.25, 0.3) is 0 Å². The monoisotopic (exact) mass is 432 g/mol. The summed E-state index contributed by atoms with van der Waals surface area (Å²) in [5.41, 5.74) is 6.95. The maximum absolute atomic E-state index is 13.9. The number of piperidine rings is 1. The Kier molecular flexibility index (Phi) is 6.52. The van der Waals surface area contributed by atoms with E-state index >= 15 is 0 Å². The van der Waals surface area contributed by atoms with Crippen LogP contribution >= 0.6 is 0 Å². The molecule has 2 aliphatic rings. The van der Waals surface area contributed by atoms with Crippen molar-refractivity contribution in [3.63, 3.8) is 0 Å². The van der Waals surface area contributed by atoms with Crippen LogP contribution in [0.15, 0.2) is 22.7 Å². The molecule has 1 aromatic carbocycles. The summed E-state index contributed by atoms with van der Waals surface area (Å²) in [6, 6.07) is 5.19. The second-order valence-electron chi connectivity index (χ2n) is 8.46. The number of carbonyl (C=O) groups is 1. The van der Waals surface area contributed by atoms with E-state index in [2.05, 4.69) is 15.0 Å². The van der Waals surface area contributed by atoms with Gasteiger partial charge < -0.3 is 29.4 Å². The zero-order valence-corrected chi connectivity index (χ0v) is 17.8. The number of methoxy groups -OCH3 is 1. The zero-order valence-electron chi connectivity index (χ0n) is 17.8. The number of aromatic nitrogens is 2. The first kappa shape index (κ1) is 21.7. The summed E-state index contributed by atoms with van der Waals surface area (Å²) >= 11 is 0. The van der Waals surface area contributed by atoms with Crippen molar-refractivity contribution in [2.75, 3.05) is 31.7 Å².